The van der Waals surface area contributed by atoms with E-state index in [4.69, 9.17) is 9.84 Å². The molecule has 0 saturated carbocycles. The number of rotatable bonds is 10. The Bertz CT molecular complexity index is 1000. The second kappa shape index (κ2) is 13.6. The van der Waals surface area contributed by atoms with Crippen molar-refractivity contribution in [3.8, 4) is 0 Å². The molecule has 202 valence electrons. The summed E-state index contributed by atoms with van der Waals surface area (Å²) in [5.74, 6) is -0.0125. The second-order valence-corrected chi connectivity index (χ2v) is 10.6. The minimum Gasteiger partial charge on any atom is -0.444 e. The molecule has 2 amide bonds. The number of alkyl carbamates (subject to hydrolysis) is 1. The van der Waals surface area contributed by atoms with Gasteiger partial charge in [0.05, 0.1) is 18.8 Å². The number of amides is 2. The van der Waals surface area contributed by atoms with Gasteiger partial charge in [0, 0.05) is 38.3 Å². The number of hydrogen-bond donors (Lipinski definition) is 3. The summed E-state index contributed by atoms with van der Waals surface area (Å²) >= 11 is 0. The zero-order chi connectivity index (χ0) is 26.8. The highest BCUT2D eigenvalue weighted by molar-refractivity contribution is 5.95. The standard InChI is InChI=1S/C29H41N3O5/c1-29(2,3)37-28(36)30-25(21-22-9-5-4-6-10-22)26(34)14-13-23-11-7-8-12-24(23)27(35)32-17-15-31(16-18-32)19-20-33/h4-12,25-26,33-34H,13-21H2,1-3H3,(H,30,36). The van der Waals surface area contributed by atoms with Crippen LogP contribution in [-0.4, -0.2) is 89.1 Å². The number of aliphatic hydroxyl groups is 2. The molecule has 1 aliphatic heterocycles. The number of nitrogens with zero attached hydrogens (tertiary/aromatic N) is 2. The molecule has 2 aromatic carbocycles. The molecule has 0 aromatic heterocycles. The largest absolute Gasteiger partial charge is 0.444 e. The fourth-order valence-electron chi connectivity index (χ4n) is 4.55. The van der Waals surface area contributed by atoms with Crippen LogP contribution in [0.2, 0.25) is 0 Å². The smallest absolute Gasteiger partial charge is 0.407 e. The van der Waals surface area contributed by atoms with Crippen molar-refractivity contribution in [1.29, 1.82) is 0 Å². The Hall–Kier alpha value is -2.94. The zero-order valence-corrected chi connectivity index (χ0v) is 22.2. The molecule has 2 unspecified atom stereocenters. The maximum absolute atomic E-state index is 13.3. The fourth-order valence-corrected chi connectivity index (χ4v) is 4.55. The quantitative estimate of drug-likeness (QED) is 0.453. The topological polar surface area (TPSA) is 102 Å². The van der Waals surface area contributed by atoms with Gasteiger partial charge in [-0.15, -0.1) is 0 Å². The first-order valence-corrected chi connectivity index (χ1v) is 13.1. The third-order valence-electron chi connectivity index (χ3n) is 6.50. The maximum Gasteiger partial charge on any atom is 0.407 e. The van der Waals surface area contributed by atoms with Gasteiger partial charge in [-0.25, -0.2) is 4.79 Å². The lowest BCUT2D eigenvalue weighted by atomic mass is 9.94. The summed E-state index contributed by atoms with van der Waals surface area (Å²) in [4.78, 5) is 29.8. The number of β-amino-alcohol motifs (C(OH)–C–C–N with tert-alkyl or cyclic N) is 1. The van der Waals surface area contributed by atoms with Crippen molar-refractivity contribution in [3.05, 3.63) is 71.3 Å². The summed E-state index contributed by atoms with van der Waals surface area (Å²) in [6.07, 6.45) is -0.0715. The predicted octanol–water partition coefficient (Wildman–Crippen LogP) is 2.87. The molecule has 3 N–H and O–H groups in total. The minimum absolute atomic E-state index is 0.0125. The molecule has 1 heterocycles. The van der Waals surface area contributed by atoms with Crippen molar-refractivity contribution in [2.24, 2.45) is 0 Å². The molecule has 37 heavy (non-hydrogen) atoms. The van der Waals surface area contributed by atoms with E-state index in [1.165, 1.54) is 0 Å². The van der Waals surface area contributed by atoms with Crippen molar-refractivity contribution < 1.29 is 24.5 Å². The minimum atomic E-state index is -0.835. The molecule has 2 aromatic rings. The van der Waals surface area contributed by atoms with Gasteiger partial charge in [0.15, 0.2) is 0 Å². The predicted molar refractivity (Wildman–Crippen MR) is 144 cm³/mol. The van der Waals surface area contributed by atoms with E-state index in [2.05, 4.69) is 10.2 Å². The number of nitrogens with one attached hydrogen (secondary N) is 1. The van der Waals surface area contributed by atoms with Crippen molar-refractivity contribution >= 4 is 12.0 Å². The average Bonchev–Trinajstić information content (AvgIpc) is 2.87. The molecule has 3 rings (SSSR count). The third-order valence-corrected chi connectivity index (χ3v) is 6.50. The summed E-state index contributed by atoms with van der Waals surface area (Å²) in [5, 5.41) is 23.2. The van der Waals surface area contributed by atoms with Crippen LogP contribution in [0.25, 0.3) is 0 Å². The van der Waals surface area contributed by atoms with Crippen LogP contribution in [0, 0.1) is 0 Å². The van der Waals surface area contributed by atoms with Gasteiger partial charge in [0.25, 0.3) is 5.91 Å². The van der Waals surface area contributed by atoms with Gasteiger partial charge < -0.3 is 25.2 Å². The van der Waals surface area contributed by atoms with E-state index in [-0.39, 0.29) is 12.5 Å². The Kier molecular flexibility index (Phi) is 10.5. The number of carbonyl (C=O) groups excluding carboxylic acids is 2. The van der Waals surface area contributed by atoms with Crippen molar-refractivity contribution in [2.75, 3.05) is 39.3 Å². The molecule has 8 nitrogen and oxygen atoms in total. The highest BCUT2D eigenvalue weighted by Crippen LogP contribution is 2.18. The molecular formula is C29H41N3O5. The highest BCUT2D eigenvalue weighted by Gasteiger charge is 2.27. The molecule has 8 heteroatoms. The average molecular weight is 512 g/mol. The molecule has 0 radical (unpaired) electrons. The molecule has 1 saturated heterocycles. The van der Waals surface area contributed by atoms with Gasteiger partial charge in [0.2, 0.25) is 0 Å². The monoisotopic (exact) mass is 511 g/mol. The first-order chi connectivity index (χ1) is 17.7. The van der Waals surface area contributed by atoms with E-state index < -0.39 is 23.8 Å². The Morgan fingerprint density at radius 2 is 1.65 bits per heavy atom. The molecular weight excluding hydrogens is 470 g/mol. The summed E-state index contributed by atoms with van der Waals surface area (Å²) in [6.45, 7) is 8.87. The number of aliphatic hydroxyl groups excluding tert-OH is 2. The Labute approximate surface area is 220 Å². The molecule has 1 fully saturated rings. The summed E-state index contributed by atoms with van der Waals surface area (Å²) in [7, 11) is 0. The highest BCUT2D eigenvalue weighted by atomic mass is 16.6. The fraction of sp³-hybridized carbons (Fsp3) is 0.517. The summed E-state index contributed by atoms with van der Waals surface area (Å²) < 4.78 is 5.43. The van der Waals surface area contributed by atoms with Crippen LogP contribution in [-0.2, 0) is 17.6 Å². The van der Waals surface area contributed by atoms with Crippen LogP contribution in [0.3, 0.4) is 0 Å². The van der Waals surface area contributed by atoms with Crippen LogP contribution in [0.4, 0.5) is 4.79 Å². The number of ether oxygens (including phenoxy) is 1. The van der Waals surface area contributed by atoms with Gasteiger partial charge >= 0.3 is 6.09 Å². The van der Waals surface area contributed by atoms with Crippen molar-refractivity contribution in [3.63, 3.8) is 0 Å². The Balaban J connectivity index is 1.66. The summed E-state index contributed by atoms with van der Waals surface area (Å²) in [6, 6.07) is 16.7. The molecule has 2 atom stereocenters. The van der Waals surface area contributed by atoms with Gasteiger partial charge in [-0.2, -0.15) is 0 Å². The third kappa shape index (κ3) is 9.14. The van der Waals surface area contributed by atoms with Crippen LogP contribution in [0.15, 0.2) is 54.6 Å². The lowest BCUT2D eigenvalue weighted by Crippen LogP contribution is -2.49. The number of aryl methyl sites for hydroxylation is 1. The van der Waals surface area contributed by atoms with E-state index in [0.29, 0.717) is 44.5 Å². The van der Waals surface area contributed by atoms with Crippen LogP contribution in [0.1, 0.15) is 48.7 Å². The van der Waals surface area contributed by atoms with Gasteiger partial charge in [-0.05, 0) is 57.2 Å². The van der Waals surface area contributed by atoms with Gasteiger partial charge in [-0.1, -0.05) is 48.5 Å². The van der Waals surface area contributed by atoms with Gasteiger partial charge in [-0.3, -0.25) is 9.69 Å². The first kappa shape index (κ1) is 28.6. The van der Waals surface area contributed by atoms with Crippen molar-refractivity contribution in [2.45, 2.75) is 57.8 Å². The molecule has 0 aliphatic carbocycles. The second-order valence-electron chi connectivity index (χ2n) is 10.6. The number of carbonyl (C=O) groups is 2. The number of piperazine rings is 1. The molecule has 0 spiro atoms. The molecule has 1 aliphatic rings. The van der Waals surface area contributed by atoms with E-state index >= 15 is 0 Å². The van der Waals surface area contributed by atoms with E-state index in [9.17, 15) is 14.7 Å². The lowest BCUT2D eigenvalue weighted by molar-refractivity contribution is 0.0414. The normalized spacial score (nSPS) is 16.2. The first-order valence-electron chi connectivity index (χ1n) is 13.1. The lowest BCUT2D eigenvalue weighted by Gasteiger charge is -2.34. The van der Waals surface area contributed by atoms with Gasteiger partial charge in [0.1, 0.15) is 5.60 Å². The van der Waals surface area contributed by atoms with Crippen LogP contribution in [0.5, 0.6) is 0 Å². The SMILES string of the molecule is CC(C)(C)OC(=O)NC(Cc1ccccc1)C(O)CCc1ccccc1C(=O)N1CCN(CCO)CC1. The van der Waals surface area contributed by atoms with E-state index in [1.54, 1.807) is 20.8 Å². The van der Waals surface area contributed by atoms with Crippen LogP contribution >= 0.6 is 0 Å². The Morgan fingerprint density at radius 1 is 1.00 bits per heavy atom. The molecule has 0 bridgehead atoms. The van der Waals surface area contributed by atoms with E-state index in [1.807, 2.05) is 59.5 Å². The number of benzene rings is 2. The number of hydrogen-bond acceptors (Lipinski definition) is 6. The maximum atomic E-state index is 13.3. The van der Waals surface area contributed by atoms with E-state index in [0.717, 1.165) is 24.2 Å². The van der Waals surface area contributed by atoms with Crippen molar-refractivity contribution in [1.82, 2.24) is 15.1 Å². The van der Waals surface area contributed by atoms with Crippen LogP contribution < -0.4 is 5.32 Å². The zero-order valence-electron chi connectivity index (χ0n) is 22.2. The Morgan fingerprint density at radius 3 is 2.30 bits per heavy atom. The summed E-state index contributed by atoms with van der Waals surface area (Å²) in [5.41, 5.74) is 1.87.